The predicted octanol–water partition coefficient (Wildman–Crippen LogP) is 4.23. The fraction of sp³-hybridized carbons (Fsp3) is 0.160. The number of nitrogens with zero attached hydrogens (tertiary/aromatic N) is 2. The van der Waals surface area contributed by atoms with Gasteiger partial charge in [0.2, 0.25) is 0 Å². The van der Waals surface area contributed by atoms with Gasteiger partial charge in [0.15, 0.2) is 4.80 Å². The second-order valence-electron chi connectivity index (χ2n) is 7.17. The number of fused-ring (bicyclic) bond motifs is 1. The van der Waals surface area contributed by atoms with Crippen molar-refractivity contribution in [2.75, 3.05) is 6.61 Å². The molecule has 1 unspecified atom stereocenters. The molecule has 0 aliphatic carbocycles. The molecule has 0 bridgehead atoms. The van der Waals surface area contributed by atoms with Crippen LogP contribution in [-0.2, 0) is 9.53 Å². The fourth-order valence-electron chi connectivity index (χ4n) is 3.53. The Morgan fingerprint density at radius 1 is 1.19 bits per heavy atom. The minimum atomic E-state index is -0.602. The first-order valence-corrected chi connectivity index (χ1v) is 11.8. The molecule has 0 fully saturated rings. The molecule has 5 nitrogen and oxygen atoms in total. The Hall–Kier alpha value is -3.03. The van der Waals surface area contributed by atoms with Crippen molar-refractivity contribution in [3.8, 4) is 0 Å². The molecule has 32 heavy (non-hydrogen) atoms. The summed E-state index contributed by atoms with van der Waals surface area (Å²) in [5, 5.41) is 0. The highest BCUT2D eigenvalue weighted by molar-refractivity contribution is 9.10. The van der Waals surface area contributed by atoms with Crippen LogP contribution in [0.1, 0.15) is 31.0 Å². The lowest BCUT2D eigenvalue weighted by Gasteiger charge is -2.21. The van der Waals surface area contributed by atoms with Crippen LogP contribution < -0.4 is 14.9 Å². The summed E-state index contributed by atoms with van der Waals surface area (Å²) in [5.74, 6) is -0.460. The molecular weight excluding hydrogens is 488 g/mol. The topological polar surface area (TPSA) is 60.7 Å². The van der Waals surface area contributed by atoms with E-state index in [0.717, 1.165) is 15.6 Å². The Morgan fingerprint density at radius 2 is 1.94 bits per heavy atom. The van der Waals surface area contributed by atoms with Crippen LogP contribution in [0.25, 0.3) is 12.2 Å². The lowest BCUT2D eigenvalue weighted by atomic mass is 10.0. The van der Waals surface area contributed by atoms with E-state index in [1.165, 1.54) is 11.3 Å². The Labute approximate surface area is 197 Å². The van der Waals surface area contributed by atoms with Crippen LogP contribution in [-0.4, -0.2) is 17.1 Å². The highest BCUT2D eigenvalue weighted by Gasteiger charge is 2.30. The highest BCUT2D eigenvalue weighted by Crippen LogP contribution is 2.26. The summed E-state index contributed by atoms with van der Waals surface area (Å²) in [6.45, 7) is 3.79. The summed E-state index contributed by atoms with van der Waals surface area (Å²) < 4.78 is 8.35. The maximum atomic E-state index is 13.4. The Morgan fingerprint density at radius 3 is 2.66 bits per heavy atom. The number of allylic oxidation sites excluding steroid dienone is 2. The molecule has 1 aliphatic rings. The molecule has 2 aromatic carbocycles. The van der Waals surface area contributed by atoms with E-state index >= 15 is 0 Å². The molecule has 2 heterocycles. The van der Waals surface area contributed by atoms with Crippen LogP contribution in [0, 0.1) is 0 Å². The van der Waals surface area contributed by atoms with Gasteiger partial charge in [-0.25, -0.2) is 9.79 Å². The Balaban J connectivity index is 1.88. The van der Waals surface area contributed by atoms with Gasteiger partial charge in [0.25, 0.3) is 5.56 Å². The van der Waals surface area contributed by atoms with Crippen molar-refractivity contribution in [3.05, 3.63) is 107 Å². The Bertz CT molecular complexity index is 1400. The van der Waals surface area contributed by atoms with Gasteiger partial charge < -0.3 is 4.74 Å². The van der Waals surface area contributed by atoms with Gasteiger partial charge in [0, 0.05) is 4.47 Å². The molecule has 0 saturated heterocycles. The van der Waals surface area contributed by atoms with Gasteiger partial charge in [-0.2, -0.15) is 0 Å². The maximum Gasteiger partial charge on any atom is 0.338 e. The van der Waals surface area contributed by atoms with E-state index in [1.54, 1.807) is 18.4 Å². The molecule has 0 spiro atoms. The van der Waals surface area contributed by atoms with Gasteiger partial charge in [-0.15, -0.1) is 0 Å². The number of hydrogen-bond donors (Lipinski definition) is 0. The molecule has 162 valence electrons. The number of aromatic nitrogens is 1. The van der Waals surface area contributed by atoms with E-state index in [1.807, 2.05) is 72.8 Å². The average Bonchev–Trinajstić information content (AvgIpc) is 3.07. The predicted molar refractivity (Wildman–Crippen MR) is 131 cm³/mol. The van der Waals surface area contributed by atoms with Crippen molar-refractivity contribution < 1.29 is 9.53 Å². The third kappa shape index (κ3) is 4.59. The van der Waals surface area contributed by atoms with Crippen molar-refractivity contribution in [1.29, 1.82) is 0 Å². The number of benzene rings is 2. The third-order valence-corrected chi connectivity index (χ3v) is 6.45. The summed E-state index contributed by atoms with van der Waals surface area (Å²) in [6.07, 6.45) is 5.62. The van der Waals surface area contributed by atoms with Gasteiger partial charge in [0.05, 0.1) is 28.5 Å². The maximum absolute atomic E-state index is 13.4. The molecule has 1 atom stereocenters. The van der Waals surface area contributed by atoms with Gasteiger partial charge >= 0.3 is 5.97 Å². The number of halogens is 1. The minimum Gasteiger partial charge on any atom is -0.463 e. The number of ether oxygens (including phenoxy) is 1. The number of hydrogen-bond acceptors (Lipinski definition) is 5. The van der Waals surface area contributed by atoms with Crippen molar-refractivity contribution >= 4 is 45.4 Å². The smallest absolute Gasteiger partial charge is 0.338 e. The van der Waals surface area contributed by atoms with Crippen molar-refractivity contribution in [2.24, 2.45) is 4.99 Å². The van der Waals surface area contributed by atoms with Gasteiger partial charge in [-0.3, -0.25) is 9.36 Å². The quantitative estimate of drug-likeness (QED) is 0.484. The lowest BCUT2D eigenvalue weighted by Crippen LogP contribution is -2.38. The molecule has 7 heteroatoms. The molecule has 0 saturated carbocycles. The van der Waals surface area contributed by atoms with Crippen molar-refractivity contribution in [2.45, 2.75) is 19.9 Å². The van der Waals surface area contributed by atoms with Crippen molar-refractivity contribution in [1.82, 2.24) is 4.57 Å². The zero-order valence-electron chi connectivity index (χ0n) is 17.6. The highest BCUT2D eigenvalue weighted by atomic mass is 79.9. The summed E-state index contributed by atoms with van der Waals surface area (Å²) in [6, 6.07) is 16.9. The van der Waals surface area contributed by atoms with E-state index in [2.05, 4.69) is 20.9 Å². The SMILES string of the molecule is CCOC(=O)C1=C(C)N=c2s/c(=C/c3cccc(Br)c3)c(=O)n2C1/C=C/c1ccccc1. The number of rotatable bonds is 5. The number of carbonyl (C=O) groups is 1. The number of thiazole rings is 1. The third-order valence-electron chi connectivity index (χ3n) is 4.98. The second-order valence-corrected chi connectivity index (χ2v) is 9.09. The van der Waals surface area contributed by atoms with E-state index in [9.17, 15) is 9.59 Å². The van der Waals surface area contributed by atoms with Crippen molar-refractivity contribution in [3.63, 3.8) is 0 Å². The zero-order chi connectivity index (χ0) is 22.7. The standard InChI is InChI=1S/C25H21BrN2O3S/c1-3-31-24(30)22-16(2)27-25-28(20(22)13-12-17-8-5-4-6-9-17)23(29)21(32-25)15-18-10-7-11-19(26)14-18/h4-15,20H,3H2,1-2H3/b13-12+,21-15+. The van der Waals surface area contributed by atoms with Crippen LogP contribution in [0.2, 0.25) is 0 Å². The van der Waals surface area contributed by atoms with Gasteiger partial charge in [0.1, 0.15) is 0 Å². The lowest BCUT2D eigenvalue weighted by molar-refractivity contribution is -0.139. The second kappa shape index (κ2) is 9.63. The zero-order valence-corrected chi connectivity index (χ0v) is 20.0. The first-order valence-electron chi connectivity index (χ1n) is 10.2. The average molecular weight is 509 g/mol. The van der Waals surface area contributed by atoms with E-state index in [4.69, 9.17) is 4.74 Å². The number of esters is 1. The normalized spacial score (nSPS) is 16.2. The van der Waals surface area contributed by atoms with Crippen LogP contribution in [0.5, 0.6) is 0 Å². The summed E-state index contributed by atoms with van der Waals surface area (Å²) >= 11 is 4.78. The molecule has 0 radical (unpaired) electrons. The molecule has 1 aliphatic heterocycles. The molecule has 4 rings (SSSR count). The first kappa shape index (κ1) is 22.2. The number of carbonyl (C=O) groups excluding carboxylic acids is 1. The van der Waals surface area contributed by atoms with E-state index < -0.39 is 12.0 Å². The molecule has 0 N–H and O–H groups in total. The monoisotopic (exact) mass is 508 g/mol. The van der Waals surface area contributed by atoms with Crippen LogP contribution >= 0.6 is 27.3 Å². The van der Waals surface area contributed by atoms with Crippen LogP contribution in [0.15, 0.2) is 86.2 Å². The molecule has 0 amide bonds. The minimum absolute atomic E-state index is 0.189. The molecular formula is C25H21BrN2O3S. The molecule has 1 aromatic heterocycles. The van der Waals surface area contributed by atoms with Gasteiger partial charge in [-0.05, 0) is 43.2 Å². The summed E-state index contributed by atoms with van der Waals surface area (Å²) in [7, 11) is 0. The largest absolute Gasteiger partial charge is 0.463 e. The summed E-state index contributed by atoms with van der Waals surface area (Å²) in [5.41, 5.74) is 2.62. The fourth-order valence-corrected chi connectivity index (χ4v) is 5.00. The van der Waals surface area contributed by atoms with E-state index in [-0.39, 0.29) is 12.2 Å². The van der Waals surface area contributed by atoms with Crippen LogP contribution in [0.4, 0.5) is 0 Å². The summed E-state index contributed by atoms with van der Waals surface area (Å²) in [4.78, 5) is 31.3. The van der Waals surface area contributed by atoms with Crippen LogP contribution in [0.3, 0.4) is 0 Å². The van der Waals surface area contributed by atoms with Gasteiger partial charge in [-0.1, -0.05) is 81.9 Å². The molecule has 3 aromatic rings. The van der Waals surface area contributed by atoms with E-state index in [0.29, 0.717) is 20.6 Å². The first-order chi connectivity index (χ1) is 15.5. The Kier molecular flexibility index (Phi) is 6.67.